The SMILES string of the molecule is CN(C)CCCn1cncc1[C@H](N)Cc1ccccc1. The van der Waals surface area contributed by atoms with E-state index < -0.39 is 0 Å². The molecule has 2 N–H and O–H groups in total. The molecule has 108 valence electrons. The second kappa shape index (κ2) is 7.22. The van der Waals surface area contributed by atoms with Gasteiger partial charge in [-0.15, -0.1) is 0 Å². The minimum Gasteiger partial charge on any atom is -0.333 e. The molecule has 0 saturated carbocycles. The maximum atomic E-state index is 6.33. The summed E-state index contributed by atoms with van der Waals surface area (Å²) in [7, 11) is 4.19. The topological polar surface area (TPSA) is 47.1 Å². The quantitative estimate of drug-likeness (QED) is 0.839. The minimum atomic E-state index is -0.000689. The van der Waals surface area contributed by atoms with Gasteiger partial charge in [-0.2, -0.15) is 0 Å². The van der Waals surface area contributed by atoms with E-state index in [1.807, 2.05) is 18.6 Å². The fraction of sp³-hybridized carbons (Fsp3) is 0.438. The molecule has 1 atom stereocenters. The number of nitrogens with two attached hydrogens (primary N) is 1. The molecule has 20 heavy (non-hydrogen) atoms. The van der Waals surface area contributed by atoms with Crippen LogP contribution in [0.25, 0.3) is 0 Å². The Hall–Kier alpha value is -1.65. The van der Waals surface area contributed by atoms with Crippen LogP contribution >= 0.6 is 0 Å². The Morgan fingerprint density at radius 1 is 1.25 bits per heavy atom. The Kier molecular flexibility index (Phi) is 5.32. The standard InChI is InChI=1S/C16H24N4/c1-19(2)9-6-10-20-13-18-12-16(20)15(17)11-14-7-4-3-5-8-14/h3-5,7-8,12-13,15H,6,9-11,17H2,1-2H3/t15-/m1/s1. The molecule has 0 fully saturated rings. The van der Waals surface area contributed by atoms with Crippen LogP contribution in [-0.2, 0) is 13.0 Å². The number of aromatic nitrogens is 2. The van der Waals surface area contributed by atoms with Crippen molar-refractivity contribution in [3.05, 3.63) is 54.1 Å². The molecule has 1 aromatic carbocycles. The second-order valence-electron chi connectivity index (χ2n) is 5.46. The molecule has 0 aliphatic rings. The van der Waals surface area contributed by atoms with Gasteiger partial charge in [0, 0.05) is 12.7 Å². The third-order valence-electron chi connectivity index (χ3n) is 3.43. The number of rotatable bonds is 7. The normalized spacial score (nSPS) is 12.8. The lowest BCUT2D eigenvalue weighted by molar-refractivity contribution is 0.383. The summed E-state index contributed by atoms with van der Waals surface area (Å²) in [5.41, 5.74) is 8.72. The molecule has 2 rings (SSSR count). The summed E-state index contributed by atoms with van der Waals surface area (Å²) in [5.74, 6) is 0. The summed E-state index contributed by atoms with van der Waals surface area (Å²) in [4.78, 5) is 6.45. The van der Waals surface area contributed by atoms with Crippen molar-refractivity contribution in [3.63, 3.8) is 0 Å². The van der Waals surface area contributed by atoms with E-state index in [2.05, 4.69) is 52.8 Å². The third kappa shape index (κ3) is 4.18. The summed E-state index contributed by atoms with van der Waals surface area (Å²) >= 11 is 0. The van der Waals surface area contributed by atoms with E-state index in [1.165, 1.54) is 5.56 Å². The monoisotopic (exact) mass is 272 g/mol. The minimum absolute atomic E-state index is 0.000689. The molecule has 0 saturated heterocycles. The van der Waals surface area contributed by atoms with E-state index in [9.17, 15) is 0 Å². The summed E-state index contributed by atoms with van der Waals surface area (Å²) in [5, 5.41) is 0. The molecule has 0 spiro atoms. The second-order valence-corrected chi connectivity index (χ2v) is 5.46. The predicted octanol–water partition coefficient (Wildman–Crippen LogP) is 2.08. The van der Waals surface area contributed by atoms with Gasteiger partial charge >= 0.3 is 0 Å². The highest BCUT2D eigenvalue weighted by Gasteiger charge is 2.12. The van der Waals surface area contributed by atoms with Gasteiger partial charge in [-0.1, -0.05) is 30.3 Å². The fourth-order valence-corrected chi connectivity index (χ4v) is 2.36. The zero-order valence-corrected chi connectivity index (χ0v) is 12.4. The first-order valence-electron chi connectivity index (χ1n) is 7.11. The van der Waals surface area contributed by atoms with Crippen molar-refractivity contribution in [2.75, 3.05) is 20.6 Å². The van der Waals surface area contributed by atoms with Gasteiger partial charge in [0.05, 0.1) is 18.1 Å². The average molecular weight is 272 g/mol. The van der Waals surface area contributed by atoms with Crippen LogP contribution in [0, 0.1) is 0 Å². The van der Waals surface area contributed by atoms with E-state index in [1.54, 1.807) is 0 Å². The molecule has 1 heterocycles. The van der Waals surface area contributed by atoms with Crippen LogP contribution in [0.15, 0.2) is 42.9 Å². The lowest BCUT2D eigenvalue weighted by Crippen LogP contribution is -2.19. The number of hydrogen-bond acceptors (Lipinski definition) is 3. The van der Waals surface area contributed by atoms with Gasteiger partial charge in [0.25, 0.3) is 0 Å². The number of benzene rings is 1. The Bertz CT molecular complexity index is 504. The van der Waals surface area contributed by atoms with Crippen molar-refractivity contribution in [3.8, 4) is 0 Å². The molecule has 0 aliphatic carbocycles. The van der Waals surface area contributed by atoms with Crippen molar-refractivity contribution in [1.82, 2.24) is 14.5 Å². The smallest absolute Gasteiger partial charge is 0.0948 e. The Labute approximate surface area is 121 Å². The average Bonchev–Trinajstić information content (AvgIpc) is 2.88. The number of nitrogens with zero attached hydrogens (tertiary/aromatic N) is 3. The van der Waals surface area contributed by atoms with Crippen molar-refractivity contribution >= 4 is 0 Å². The Morgan fingerprint density at radius 2 is 2.00 bits per heavy atom. The van der Waals surface area contributed by atoms with E-state index >= 15 is 0 Å². The predicted molar refractivity (Wildman–Crippen MR) is 82.5 cm³/mol. The van der Waals surface area contributed by atoms with Crippen LogP contribution in [0.4, 0.5) is 0 Å². The van der Waals surface area contributed by atoms with Crippen molar-refractivity contribution in [2.24, 2.45) is 5.73 Å². The summed E-state index contributed by atoms with van der Waals surface area (Å²) in [6, 6.07) is 10.4. The molecule has 1 aromatic heterocycles. The summed E-state index contributed by atoms with van der Waals surface area (Å²) < 4.78 is 2.18. The van der Waals surface area contributed by atoms with Crippen LogP contribution in [0.3, 0.4) is 0 Å². The maximum absolute atomic E-state index is 6.33. The van der Waals surface area contributed by atoms with Crippen molar-refractivity contribution < 1.29 is 0 Å². The molecule has 0 radical (unpaired) electrons. The van der Waals surface area contributed by atoms with Gasteiger partial charge in [-0.3, -0.25) is 0 Å². The molecule has 0 unspecified atom stereocenters. The third-order valence-corrected chi connectivity index (χ3v) is 3.43. The largest absolute Gasteiger partial charge is 0.333 e. The molecule has 0 bridgehead atoms. The highest BCUT2D eigenvalue weighted by Crippen LogP contribution is 2.16. The first-order valence-corrected chi connectivity index (χ1v) is 7.11. The first kappa shape index (κ1) is 14.8. The Morgan fingerprint density at radius 3 is 2.70 bits per heavy atom. The molecule has 4 heteroatoms. The van der Waals surface area contributed by atoms with Gasteiger partial charge in [-0.25, -0.2) is 4.98 Å². The number of aryl methyl sites for hydroxylation is 1. The van der Waals surface area contributed by atoms with Crippen molar-refractivity contribution in [2.45, 2.75) is 25.4 Å². The van der Waals surface area contributed by atoms with Crippen LogP contribution in [-0.4, -0.2) is 35.1 Å². The van der Waals surface area contributed by atoms with E-state index in [0.29, 0.717) is 0 Å². The van der Waals surface area contributed by atoms with E-state index in [-0.39, 0.29) is 6.04 Å². The van der Waals surface area contributed by atoms with Gasteiger partial charge in [0.1, 0.15) is 0 Å². The van der Waals surface area contributed by atoms with Crippen molar-refractivity contribution in [1.29, 1.82) is 0 Å². The first-order chi connectivity index (χ1) is 9.66. The number of imidazole rings is 1. The Balaban J connectivity index is 1.96. The van der Waals surface area contributed by atoms with Gasteiger partial charge in [-0.05, 0) is 39.0 Å². The molecular weight excluding hydrogens is 248 g/mol. The van der Waals surface area contributed by atoms with E-state index in [0.717, 1.165) is 31.6 Å². The molecule has 2 aromatic rings. The molecule has 0 amide bonds. The van der Waals surface area contributed by atoms with Gasteiger partial charge in [0.15, 0.2) is 0 Å². The van der Waals surface area contributed by atoms with Crippen LogP contribution in [0.5, 0.6) is 0 Å². The highest BCUT2D eigenvalue weighted by atomic mass is 15.1. The van der Waals surface area contributed by atoms with Crippen LogP contribution in [0.2, 0.25) is 0 Å². The molecule has 0 aliphatic heterocycles. The summed E-state index contributed by atoms with van der Waals surface area (Å²) in [6.07, 6.45) is 5.73. The van der Waals surface area contributed by atoms with Crippen LogP contribution in [0.1, 0.15) is 23.7 Å². The van der Waals surface area contributed by atoms with Gasteiger partial charge < -0.3 is 15.2 Å². The van der Waals surface area contributed by atoms with Crippen LogP contribution < -0.4 is 5.73 Å². The fourth-order valence-electron chi connectivity index (χ4n) is 2.36. The molecule has 4 nitrogen and oxygen atoms in total. The zero-order chi connectivity index (χ0) is 14.4. The lowest BCUT2D eigenvalue weighted by Gasteiger charge is -2.16. The van der Waals surface area contributed by atoms with Gasteiger partial charge in [0.2, 0.25) is 0 Å². The highest BCUT2D eigenvalue weighted by molar-refractivity contribution is 5.18. The lowest BCUT2D eigenvalue weighted by atomic mass is 10.0. The zero-order valence-electron chi connectivity index (χ0n) is 12.4. The summed E-state index contributed by atoms with van der Waals surface area (Å²) in [6.45, 7) is 2.04. The van der Waals surface area contributed by atoms with E-state index in [4.69, 9.17) is 5.73 Å². The maximum Gasteiger partial charge on any atom is 0.0948 e. The number of hydrogen-bond donors (Lipinski definition) is 1. The molecular formula is C16H24N4.